The lowest BCUT2D eigenvalue weighted by Crippen LogP contribution is -2.31. The van der Waals surface area contributed by atoms with Crippen molar-refractivity contribution < 1.29 is 32.6 Å². The first-order valence-corrected chi connectivity index (χ1v) is 9.94. The van der Waals surface area contributed by atoms with E-state index in [9.17, 15) is 18.4 Å². The van der Waals surface area contributed by atoms with Crippen molar-refractivity contribution in [3.05, 3.63) is 53.6 Å². The second-order valence-electron chi connectivity index (χ2n) is 6.98. The molecule has 2 rings (SSSR count). The van der Waals surface area contributed by atoms with Gasteiger partial charge in [0, 0.05) is 20.0 Å². The van der Waals surface area contributed by atoms with Crippen molar-refractivity contribution in [2.24, 2.45) is 0 Å². The van der Waals surface area contributed by atoms with Gasteiger partial charge in [0.15, 0.2) is 18.1 Å². The molecule has 0 N–H and O–H groups in total. The van der Waals surface area contributed by atoms with Crippen molar-refractivity contribution in [2.45, 2.75) is 39.8 Å². The van der Waals surface area contributed by atoms with Crippen LogP contribution in [-0.4, -0.2) is 43.5 Å². The van der Waals surface area contributed by atoms with Gasteiger partial charge in [-0.3, -0.25) is 4.79 Å². The molecule has 0 aliphatic rings. The molecule has 0 bridgehead atoms. The molecule has 0 aliphatic carbocycles. The highest BCUT2D eigenvalue weighted by molar-refractivity contribution is 5.77. The first-order chi connectivity index (χ1) is 14.8. The van der Waals surface area contributed by atoms with Gasteiger partial charge in [0.1, 0.15) is 11.5 Å². The average Bonchev–Trinajstić information content (AvgIpc) is 2.73. The number of hydrogen-bond donors (Lipinski definition) is 0. The van der Waals surface area contributed by atoms with E-state index in [0.29, 0.717) is 30.8 Å². The van der Waals surface area contributed by atoms with Gasteiger partial charge in [-0.25, -0.2) is 0 Å². The number of aryl methyl sites for hydroxylation is 1. The van der Waals surface area contributed by atoms with Crippen LogP contribution in [0.15, 0.2) is 42.5 Å². The summed E-state index contributed by atoms with van der Waals surface area (Å²) < 4.78 is 40.4. The summed E-state index contributed by atoms with van der Waals surface area (Å²) >= 11 is 0. The normalized spacial score (nSPS) is 10.6. The Kier molecular flexibility index (Phi) is 9.24. The van der Waals surface area contributed by atoms with Gasteiger partial charge >= 0.3 is 6.61 Å². The predicted octanol–water partition coefficient (Wildman–Crippen LogP) is 4.25. The number of ketones is 1. The molecule has 0 aromatic heterocycles. The van der Waals surface area contributed by atoms with Crippen LogP contribution >= 0.6 is 0 Å². The zero-order chi connectivity index (χ0) is 22.8. The molecule has 0 atom stereocenters. The lowest BCUT2D eigenvalue weighted by Gasteiger charge is -2.19. The Morgan fingerprint density at radius 3 is 2.29 bits per heavy atom. The minimum Gasteiger partial charge on any atom is -0.490 e. The second-order valence-corrected chi connectivity index (χ2v) is 6.98. The third-order valence-corrected chi connectivity index (χ3v) is 4.42. The van der Waals surface area contributed by atoms with Crippen molar-refractivity contribution in [3.63, 3.8) is 0 Å². The van der Waals surface area contributed by atoms with Crippen LogP contribution in [0.3, 0.4) is 0 Å². The minimum atomic E-state index is -2.95. The number of nitrogens with zero attached hydrogens (tertiary/aromatic N) is 1. The standard InChI is InChI=1S/C23H27F2NO5/c1-4-29-21-13-18(9-12-20(21)31-23(24)25)14-26(3)22(28)15-30-19-10-7-17(8-11-19)6-5-16(2)27/h7-13,23H,4-6,14-15H2,1-3H3. The SMILES string of the molecule is CCOc1cc(CN(C)C(=O)COc2ccc(CCC(C)=O)cc2)ccc1OC(F)F. The monoisotopic (exact) mass is 435 g/mol. The Labute approximate surface area is 180 Å². The highest BCUT2D eigenvalue weighted by Crippen LogP contribution is 2.30. The van der Waals surface area contributed by atoms with E-state index in [1.807, 2.05) is 12.1 Å². The number of halogens is 2. The van der Waals surface area contributed by atoms with Crippen LogP contribution in [0.1, 0.15) is 31.4 Å². The van der Waals surface area contributed by atoms with Crippen molar-refractivity contribution in [3.8, 4) is 17.2 Å². The topological polar surface area (TPSA) is 65.1 Å². The Morgan fingerprint density at radius 1 is 1.00 bits per heavy atom. The molecule has 0 spiro atoms. The fourth-order valence-corrected chi connectivity index (χ4v) is 2.80. The van der Waals surface area contributed by atoms with Crippen LogP contribution in [0.5, 0.6) is 17.2 Å². The Hall–Kier alpha value is -3.16. The van der Waals surface area contributed by atoms with E-state index in [1.165, 1.54) is 11.0 Å². The number of rotatable bonds is 12. The number of carbonyl (C=O) groups excluding carboxylic acids is 2. The maximum absolute atomic E-state index is 12.5. The molecule has 1 amide bonds. The lowest BCUT2D eigenvalue weighted by atomic mass is 10.1. The molecule has 0 aliphatic heterocycles. The number of benzene rings is 2. The molecule has 0 radical (unpaired) electrons. The fourth-order valence-electron chi connectivity index (χ4n) is 2.80. The van der Waals surface area contributed by atoms with Gasteiger partial charge in [-0.1, -0.05) is 18.2 Å². The van der Waals surface area contributed by atoms with Gasteiger partial charge in [-0.2, -0.15) is 8.78 Å². The molecule has 0 heterocycles. The molecule has 6 nitrogen and oxygen atoms in total. The Morgan fingerprint density at radius 2 is 1.68 bits per heavy atom. The van der Waals surface area contributed by atoms with Gasteiger partial charge in [0.05, 0.1) is 6.61 Å². The van der Waals surface area contributed by atoms with E-state index in [2.05, 4.69) is 4.74 Å². The van der Waals surface area contributed by atoms with Gasteiger partial charge in [-0.05, 0) is 55.7 Å². The van der Waals surface area contributed by atoms with Crippen LogP contribution in [-0.2, 0) is 22.6 Å². The van der Waals surface area contributed by atoms with E-state index in [0.717, 1.165) is 5.56 Å². The number of carbonyl (C=O) groups is 2. The van der Waals surface area contributed by atoms with Crippen molar-refractivity contribution in [2.75, 3.05) is 20.3 Å². The van der Waals surface area contributed by atoms with E-state index in [-0.39, 0.29) is 36.3 Å². The molecule has 2 aromatic carbocycles. The van der Waals surface area contributed by atoms with E-state index in [4.69, 9.17) is 9.47 Å². The lowest BCUT2D eigenvalue weighted by molar-refractivity contribution is -0.132. The van der Waals surface area contributed by atoms with Gasteiger partial charge in [0.2, 0.25) is 0 Å². The van der Waals surface area contributed by atoms with E-state index < -0.39 is 6.61 Å². The summed E-state index contributed by atoms with van der Waals surface area (Å²) in [5.41, 5.74) is 1.73. The maximum atomic E-state index is 12.5. The zero-order valence-electron chi connectivity index (χ0n) is 17.9. The molecular weight excluding hydrogens is 408 g/mol. The third kappa shape index (κ3) is 8.24. The zero-order valence-corrected chi connectivity index (χ0v) is 17.9. The summed E-state index contributed by atoms with van der Waals surface area (Å²) in [6.07, 6.45) is 1.16. The Balaban J connectivity index is 1.90. The average molecular weight is 435 g/mol. The molecule has 168 valence electrons. The molecule has 0 unspecified atom stereocenters. The molecule has 2 aromatic rings. The molecule has 0 fully saturated rings. The summed E-state index contributed by atoms with van der Waals surface area (Å²) in [5.74, 6) is 0.595. The smallest absolute Gasteiger partial charge is 0.387 e. The van der Waals surface area contributed by atoms with Crippen molar-refractivity contribution in [1.82, 2.24) is 4.90 Å². The van der Waals surface area contributed by atoms with Crippen LogP contribution < -0.4 is 14.2 Å². The number of amides is 1. The molecule has 0 saturated heterocycles. The molecular formula is C23H27F2NO5. The quantitative estimate of drug-likeness (QED) is 0.499. The van der Waals surface area contributed by atoms with E-state index in [1.54, 1.807) is 45.2 Å². The van der Waals surface area contributed by atoms with Crippen LogP contribution in [0.2, 0.25) is 0 Å². The highest BCUT2D eigenvalue weighted by atomic mass is 19.3. The van der Waals surface area contributed by atoms with Crippen LogP contribution in [0.25, 0.3) is 0 Å². The first-order valence-electron chi connectivity index (χ1n) is 9.94. The number of ether oxygens (including phenoxy) is 3. The fraction of sp³-hybridized carbons (Fsp3) is 0.391. The second kappa shape index (κ2) is 11.9. The molecule has 8 heteroatoms. The van der Waals surface area contributed by atoms with E-state index >= 15 is 0 Å². The van der Waals surface area contributed by atoms with Crippen LogP contribution in [0, 0.1) is 0 Å². The third-order valence-electron chi connectivity index (χ3n) is 4.42. The summed E-state index contributed by atoms with van der Waals surface area (Å²) in [7, 11) is 1.63. The van der Waals surface area contributed by atoms with Gasteiger partial charge in [-0.15, -0.1) is 0 Å². The number of hydrogen-bond acceptors (Lipinski definition) is 5. The largest absolute Gasteiger partial charge is 0.490 e. The van der Waals surface area contributed by atoms with Gasteiger partial charge in [0.25, 0.3) is 5.91 Å². The Bertz CT molecular complexity index is 871. The molecule has 31 heavy (non-hydrogen) atoms. The predicted molar refractivity (Wildman–Crippen MR) is 112 cm³/mol. The number of alkyl halides is 2. The summed E-state index contributed by atoms with van der Waals surface area (Å²) in [6.45, 7) is 0.744. The molecule has 0 saturated carbocycles. The van der Waals surface area contributed by atoms with Gasteiger partial charge < -0.3 is 23.9 Å². The number of Topliss-reactive ketones (excluding diaryl/α,β-unsaturated/α-hetero) is 1. The van der Waals surface area contributed by atoms with Crippen LogP contribution in [0.4, 0.5) is 8.78 Å². The first kappa shape index (κ1) is 24.1. The summed E-state index contributed by atoms with van der Waals surface area (Å²) in [6, 6.07) is 11.8. The summed E-state index contributed by atoms with van der Waals surface area (Å²) in [4.78, 5) is 24.9. The summed E-state index contributed by atoms with van der Waals surface area (Å²) in [5, 5.41) is 0. The van der Waals surface area contributed by atoms with Crippen molar-refractivity contribution >= 4 is 11.7 Å². The highest BCUT2D eigenvalue weighted by Gasteiger charge is 2.15. The minimum absolute atomic E-state index is 0.0512. The number of likely N-dealkylation sites (N-methyl/N-ethyl adjacent to an activating group) is 1. The van der Waals surface area contributed by atoms with Crippen molar-refractivity contribution in [1.29, 1.82) is 0 Å². The maximum Gasteiger partial charge on any atom is 0.387 e.